The summed E-state index contributed by atoms with van der Waals surface area (Å²) in [6.45, 7) is 3.58. The first-order chi connectivity index (χ1) is 9.79. The van der Waals surface area contributed by atoms with E-state index in [-0.39, 0.29) is 0 Å². The average molecular weight is 273 g/mol. The molecule has 2 aromatic rings. The summed E-state index contributed by atoms with van der Waals surface area (Å²) in [7, 11) is 1.89. The molecule has 1 N–H and O–H groups in total. The van der Waals surface area contributed by atoms with Gasteiger partial charge in [0, 0.05) is 24.0 Å². The molecule has 106 valence electrons. The molecule has 0 aliphatic carbocycles. The van der Waals surface area contributed by atoms with Crippen molar-refractivity contribution < 1.29 is 9.47 Å². The second-order valence-corrected chi connectivity index (χ2v) is 4.30. The third kappa shape index (κ3) is 4.20. The molecule has 2 rings (SSSR count). The molecule has 1 aromatic carbocycles. The lowest BCUT2D eigenvalue weighted by Gasteiger charge is -2.09. The Hall–Kier alpha value is -2.14. The van der Waals surface area contributed by atoms with Gasteiger partial charge < -0.3 is 14.8 Å². The van der Waals surface area contributed by atoms with Crippen LogP contribution in [0.25, 0.3) is 0 Å². The van der Waals surface area contributed by atoms with E-state index in [9.17, 15) is 0 Å². The Morgan fingerprint density at radius 2 is 1.85 bits per heavy atom. The Labute approximate surface area is 119 Å². The summed E-state index contributed by atoms with van der Waals surface area (Å²) in [6.07, 6.45) is 1.78. The molecule has 0 radical (unpaired) electrons. The number of hydrogen-bond donors (Lipinski definition) is 1. The average Bonchev–Trinajstić information content (AvgIpc) is 2.48. The van der Waals surface area contributed by atoms with Gasteiger partial charge in [-0.2, -0.15) is 0 Å². The van der Waals surface area contributed by atoms with Crippen molar-refractivity contribution in [2.75, 3.05) is 20.3 Å². The first kappa shape index (κ1) is 14.3. The Morgan fingerprint density at radius 1 is 1.10 bits per heavy atom. The third-order valence-electron chi connectivity index (χ3n) is 2.75. The van der Waals surface area contributed by atoms with Gasteiger partial charge in [-0.25, -0.2) is 9.97 Å². The van der Waals surface area contributed by atoms with Crippen LogP contribution in [0.3, 0.4) is 0 Å². The molecular formula is C15H19N3O2. The number of para-hydroxylation sites is 1. The van der Waals surface area contributed by atoms with Gasteiger partial charge >= 0.3 is 6.01 Å². The number of hydrogen-bond acceptors (Lipinski definition) is 5. The summed E-state index contributed by atoms with van der Waals surface area (Å²) < 4.78 is 11.0. The normalized spacial score (nSPS) is 10.3. The molecule has 0 amide bonds. The smallest absolute Gasteiger partial charge is 0.316 e. The Morgan fingerprint density at radius 3 is 2.55 bits per heavy atom. The van der Waals surface area contributed by atoms with Gasteiger partial charge in [0.1, 0.15) is 19.0 Å². The number of rotatable bonds is 7. The van der Waals surface area contributed by atoms with Gasteiger partial charge in [0.2, 0.25) is 0 Å². The van der Waals surface area contributed by atoms with E-state index in [1.54, 1.807) is 6.20 Å². The van der Waals surface area contributed by atoms with Crippen LogP contribution in [0.1, 0.15) is 11.3 Å². The molecule has 0 saturated heterocycles. The maximum atomic E-state index is 5.53. The van der Waals surface area contributed by atoms with E-state index in [2.05, 4.69) is 15.3 Å². The number of benzene rings is 1. The molecule has 0 saturated carbocycles. The van der Waals surface area contributed by atoms with Crippen molar-refractivity contribution in [2.45, 2.75) is 13.5 Å². The second-order valence-electron chi connectivity index (χ2n) is 4.30. The fourth-order valence-corrected chi connectivity index (χ4v) is 1.71. The molecule has 0 atom stereocenters. The van der Waals surface area contributed by atoms with Crippen molar-refractivity contribution in [1.82, 2.24) is 15.3 Å². The second kappa shape index (κ2) is 7.45. The van der Waals surface area contributed by atoms with Gasteiger partial charge in [-0.15, -0.1) is 0 Å². The summed E-state index contributed by atoms with van der Waals surface area (Å²) in [5.41, 5.74) is 1.99. The van der Waals surface area contributed by atoms with E-state index >= 15 is 0 Å². The first-order valence-corrected chi connectivity index (χ1v) is 6.57. The van der Waals surface area contributed by atoms with E-state index in [0.29, 0.717) is 19.2 Å². The summed E-state index contributed by atoms with van der Waals surface area (Å²) in [6, 6.07) is 10.0. The summed E-state index contributed by atoms with van der Waals surface area (Å²) >= 11 is 0. The number of ether oxygens (including phenoxy) is 2. The van der Waals surface area contributed by atoms with Crippen molar-refractivity contribution in [3.8, 4) is 11.8 Å². The molecule has 0 unspecified atom stereocenters. The summed E-state index contributed by atoms with van der Waals surface area (Å²) in [5.74, 6) is 0.831. The van der Waals surface area contributed by atoms with Crippen molar-refractivity contribution in [2.24, 2.45) is 0 Å². The fraction of sp³-hybridized carbons (Fsp3) is 0.333. The van der Waals surface area contributed by atoms with E-state index in [1.165, 1.54) is 0 Å². The van der Waals surface area contributed by atoms with Gasteiger partial charge in [0.15, 0.2) is 0 Å². The molecule has 5 nitrogen and oxygen atoms in total. The topological polar surface area (TPSA) is 56.3 Å². The minimum Gasteiger partial charge on any atom is -0.490 e. The van der Waals surface area contributed by atoms with Crippen molar-refractivity contribution in [3.63, 3.8) is 0 Å². The summed E-state index contributed by atoms with van der Waals surface area (Å²) in [5, 5.41) is 3.07. The van der Waals surface area contributed by atoms with Gasteiger partial charge in [0.05, 0.1) is 0 Å². The van der Waals surface area contributed by atoms with Crippen LogP contribution < -0.4 is 14.8 Å². The molecule has 5 heteroatoms. The zero-order chi connectivity index (χ0) is 14.2. The van der Waals surface area contributed by atoms with Gasteiger partial charge in [-0.05, 0) is 26.1 Å². The highest BCUT2D eigenvalue weighted by atomic mass is 16.5. The predicted molar refractivity (Wildman–Crippen MR) is 77.0 cm³/mol. The lowest BCUT2D eigenvalue weighted by molar-refractivity contribution is 0.205. The van der Waals surface area contributed by atoms with E-state index < -0.39 is 0 Å². The minimum absolute atomic E-state index is 0.388. The van der Waals surface area contributed by atoms with Crippen molar-refractivity contribution >= 4 is 0 Å². The van der Waals surface area contributed by atoms with E-state index in [4.69, 9.17) is 9.47 Å². The van der Waals surface area contributed by atoms with Gasteiger partial charge in [0.25, 0.3) is 0 Å². The van der Waals surface area contributed by atoms with Crippen LogP contribution in [0.2, 0.25) is 0 Å². The number of aromatic nitrogens is 2. The minimum atomic E-state index is 0.388. The molecule has 0 aliphatic rings. The molecule has 1 aromatic heterocycles. The molecule has 0 bridgehead atoms. The monoisotopic (exact) mass is 273 g/mol. The maximum absolute atomic E-state index is 5.53. The number of aryl methyl sites for hydroxylation is 1. The number of nitrogens with one attached hydrogen (secondary N) is 1. The molecule has 1 heterocycles. The standard InChI is InChI=1S/C15H19N3O2/c1-12-13(10-16-2)11-17-15(18-12)20-9-8-19-14-6-4-3-5-7-14/h3-7,11,16H,8-10H2,1-2H3. The van der Waals surface area contributed by atoms with Crippen LogP contribution in [-0.2, 0) is 6.54 Å². The van der Waals surface area contributed by atoms with Crippen LogP contribution in [0.4, 0.5) is 0 Å². The third-order valence-corrected chi connectivity index (χ3v) is 2.75. The lowest BCUT2D eigenvalue weighted by Crippen LogP contribution is -2.12. The fourth-order valence-electron chi connectivity index (χ4n) is 1.71. The molecular weight excluding hydrogens is 254 g/mol. The van der Waals surface area contributed by atoms with Crippen molar-refractivity contribution in [1.29, 1.82) is 0 Å². The zero-order valence-corrected chi connectivity index (χ0v) is 11.8. The van der Waals surface area contributed by atoms with Crippen LogP contribution in [-0.4, -0.2) is 30.2 Å². The van der Waals surface area contributed by atoms with Crippen LogP contribution in [0, 0.1) is 6.92 Å². The highest BCUT2D eigenvalue weighted by Gasteiger charge is 2.03. The number of nitrogens with zero attached hydrogens (tertiary/aromatic N) is 2. The quantitative estimate of drug-likeness (QED) is 0.782. The highest BCUT2D eigenvalue weighted by molar-refractivity contribution is 5.21. The SMILES string of the molecule is CNCc1cnc(OCCOc2ccccc2)nc1C. The largest absolute Gasteiger partial charge is 0.490 e. The summed E-state index contributed by atoms with van der Waals surface area (Å²) in [4.78, 5) is 8.48. The zero-order valence-electron chi connectivity index (χ0n) is 11.8. The Balaban J connectivity index is 1.78. The van der Waals surface area contributed by atoms with Gasteiger partial charge in [-0.3, -0.25) is 0 Å². The Kier molecular flexibility index (Phi) is 5.32. The first-order valence-electron chi connectivity index (χ1n) is 6.57. The predicted octanol–water partition coefficient (Wildman–Crippen LogP) is 1.96. The molecule has 0 spiro atoms. The van der Waals surface area contributed by atoms with Gasteiger partial charge in [-0.1, -0.05) is 18.2 Å². The Bertz CT molecular complexity index is 532. The molecule has 0 fully saturated rings. The maximum Gasteiger partial charge on any atom is 0.316 e. The van der Waals surface area contributed by atoms with E-state index in [0.717, 1.165) is 23.6 Å². The van der Waals surface area contributed by atoms with Crippen LogP contribution in [0.15, 0.2) is 36.5 Å². The van der Waals surface area contributed by atoms with Crippen LogP contribution in [0.5, 0.6) is 11.8 Å². The highest BCUT2D eigenvalue weighted by Crippen LogP contribution is 2.10. The van der Waals surface area contributed by atoms with Crippen LogP contribution >= 0.6 is 0 Å². The van der Waals surface area contributed by atoms with E-state index in [1.807, 2.05) is 44.3 Å². The molecule has 0 aliphatic heterocycles. The van der Waals surface area contributed by atoms with Crippen molar-refractivity contribution in [3.05, 3.63) is 47.8 Å². The lowest BCUT2D eigenvalue weighted by atomic mass is 10.2. The molecule has 20 heavy (non-hydrogen) atoms.